The summed E-state index contributed by atoms with van der Waals surface area (Å²) in [5.41, 5.74) is 5.37. The van der Waals surface area contributed by atoms with Gasteiger partial charge in [0.2, 0.25) is 5.91 Å². The summed E-state index contributed by atoms with van der Waals surface area (Å²) in [5.74, 6) is 0.235. The molecule has 1 fully saturated rings. The van der Waals surface area contributed by atoms with Gasteiger partial charge in [0.1, 0.15) is 0 Å². The molecule has 0 spiro atoms. The van der Waals surface area contributed by atoms with E-state index < -0.39 is 0 Å². The average Bonchev–Trinajstić information content (AvgIpc) is 3.12. The number of halogens is 2. The van der Waals surface area contributed by atoms with E-state index in [2.05, 4.69) is 5.32 Å². The monoisotopic (exact) mass is 304 g/mol. The van der Waals surface area contributed by atoms with E-state index in [4.69, 9.17) is 28.9 Å². The van der Waals surface area contributed by atoms with E-state index in [0.717, 1.165) is 17.7 Å². The van der Waals surface area contributed by atoms with E-state index in [1.165, 1.54) is 11.8 Å². The van der Waals surface area contributed by atoms with E-state index in [9.17, 15) is 4.79 Å². The summed E-state index contributed by atoms with van der Waals surface area (Å²) in [6.45, 7) is 0. The Kier molecular flexibility index (Phi) is 4.78. The number of carbonyl (C=O) groups excluding carboxylic acids is 1. The number of rotatable bonds is 6. The van der Waals surface area contributed by atoms with Crippen LogP contribution in [0.5, 0.6) is 0 Å². The fraction of sp³-hybridized carbons (Fsp3) is 0.417. The zero-order valence-corrected chi connectivity index (χ0v) is 12.0. The molecular weight excluding hydrogens is 291 g/mol. The lowest BCUT2D eigenvalue weighted by molar-refractivity contribution is -0.119. The third kappa shape index (κ3) is 4.05. The van der Waals surface area contributed by atoms with E-state index in [1.54, 1.807) is 18.2 Å². The van der Waals surface area contributed by atoms with Crippen LogP contribution in [0.15, 0.2) is 23.1 Å². The fourth-order valence-corrected chi connectivity index (χ4v) is 3.05. The molecule has 1 aliphatic carbocycles. The van der Waals surface area contributed by atoms with Gasteiger partial charge in [-0.25, -0.2) is 0 Å². The van der Waals surface area contributed by atoms with Crippen molar-refractivity contribution in [1.29, 1.82) is 0 Å². The van der Waals surface area contributed by atoms with Crippen LogP contribution in [0.2, 0.25) is 10.0 Å². The normalized spacial score (nSPS) is 16.6. The highest BCUT2D eigenvalue weighted by Crippen LogP contribution is 2.30. The van der Waals surface area contributed by atoms with Crippen LogP contribution < -0.4 is 11.1 Å². The summed E-state index contributed by atoms with van der Waals surface area (Å²) in [4.78, 5) is 12.2. The molecule has 0 heterocycles. The van der Waals surface area contributed by atoms with Crippen molar-refractivity contribution in [1.82, 2.24) is 5.32 Å². The number of carbonyl (C=O) groups is 1. The first-order valence-electron chi connectivity index (χ1n) is 5.69. The van der Waals surface area contributed by atoms with Crippen LogP contribution in [0.25, 0.3) is 0 Å². The molecule has 1 aliphatic rings. The largest absolute Gasteiger partial charge is 0.368 e. The van der Waals surface area contributed by atoms with E-state index >= 15 is 0 Å². The smallest absolute Gasteiger partial charge is 0.235 e. The molecule has 2 rings (SSSR count). The van der Waals surface area contributed by atoms with Gasteiger partial charge in [-0.2, -0.15) is 0 Å². The van der Waals surface area contributed by atoms with Gasteiger partial charge in [-0.05, 0) is 31.0 Å². The molecule has 1 unspecified atom stereocenters. The van der Waals surface area contributed by atoms with Crippen LogP contribution in [-0.4, -0.2) is 23.7 Å². The van der Waals surface area contributed by atoms with Crippen LogP contribution >= 0.6 is 35.0 Å². The molecule has 6 heteroatoms. The molecule has 0 saturated heterocycles. The molecule has 1 aromatic rings. The first-order chi connectivity index (χ1) is 8.56. The summed E-state index contributed by atoms with van der Waals surface area (Å²) in [5, 5.41) is 4.49. The van der Waals surface area contributed by atoms with Crippen molar-refractivity contribution in [2.45, 2.75) is 29.8 Å². The molecule has 1 amide bonds. The minimum absolute atomic E-state index is 0.322. The Hall–Kier alpha value is -0.420. The van der Waals surface area contributed by atoms with Crippen molar-refractivity contribution in [3.05, 3.63) is 28.2 Å². The molecule has 1 atom stereocenters. The van der Waals surface area contributed by atoms with Crippen LogP contribution in [0, 0.1) is 0 Å². The second-order valence-corrected chi connectivity index (χ2v) is 6.19. The zero-order chi connectivity index (χ0) is 13.1. The number of nitrogens with one attached hydrogen (secondary N) is 1. The molecule has 3 nitrogen and oxygen atoms in total. The molecule has 0 bridgehead atoms. The number of primary amides is 1. The van der Waals surface area contributed by atoms with Crippen molar-refractivity contribution in [2.24, 2.45) is 5.73 Å². The Labute approximate surface area is 120 Å². The second kappa shape index (κ2) is 6.15. The van der Waals surface area contributed by atoms with Gasteiger partial charge in [0.05, 0.1) is 11.1 Å². The first-order valence-corrected chi connectivity index (χ1v) is 7.43. The van der Waals surface area contributed by atoms with Crippen LogP contribution in [0.4, 0.5) is 0 Å². The van der Waals surface area contributed by atoms with Gasteiger partial charge in [-0.3, -0.25) is 4.79 Å². The van der Waals surface area contributed by atoms with Crippen LogP contribution in [0.1, 0.15) is 12.8 Å². The number of benzene rings is 1. The second-order valence-electron chi connectivity index (χ2n) is 4.28. The number of hydrogen-bond donors (Lipinski definition) is 2. The van der Waals surface area contributed by atoms with Crippen LogP contribution in [-0.2, 0) is 4.79 Å². The first kappa shape index (κ1) is 14.0. The van der Waals surface area contributed by atoms with Crippen molar-refractivity contribution in [2.75, 3.05) is 5.75 Å². The summed E-state index contributed by atoms with van der Waals surface area (Å²) in [6.07, 6.45) is 2.23. The van der Waals surface area contributed by atoms with Gasteiger partial charge in [0.15, 0.2) is 0 Å². The highest BCUT2D eigenvalue weighted by atomic mass is 35.5. The zero-order valence-electron chi connectivity index (χ0n) is 9.66. The lowest BCUT2D eigenvalue weighted by atomic mass is 10.3. The Morgan fingerprint density at radius 2 is 2.22 bits per heavy atom. The third-order valence-electron chi connectivity index (χ3n) is 2.66. The maximum atomic E-state index is 11.3. The lowest BCUT2D eigenvalue weighted by Gasteiger charge is -2.15. The number of thioether (sulfide) groups is 1. The quantitative estimate of drug-likeness (QED) is 0.795. The van der Waals surface area contributed by atoms with E-state index in [-0.39, 0.29) is 11.9 Å². The molecule has 1 saturated carbocycles. The minimum atomic E-state index is -0.326. The Morgan fingerprint density at radius 1 is 1.50 bits per heavy atom. The van der Waals surface area contributed by atoms with Crippen molar-refractivity contribution >= 4 is 40.9 Å². The molecule has 0 aromatic heterocycles. The van der Waals surface area contributed by atoms with Gasteiger partial charge in [0.25, 0.3) is 0 Å². The lowest BCUT2D eigenvalue weighted by Crippen LogP contribution is -2.44. The van der Waals surface area contributed by atoms with Crippen molar-refractivity contribution in [3.8, 4) is 0 Å². The minimum Gasteiger partial charge on any atom is -0.368 e. The highest BCUT2D eigenvalue weighted by molar-refractivity contribution is 7.99. The standard InChI is InChI=1S/C12H14Cl2N2OS/c13-7-1-4-9(14)11(5-7)18-6-10(12(15)17)16-8-2-3-8/h1,4-5,8,10,16H,2-3,6H2,(H2,15,17). The van der Waals surface area contributed by atoms with Gasteiger partial charge in [-0.15, -0.1) is 11.8 Å². The molecule has 98 valence electrons. The van der Waals surface area contributed by atoms with Gasteiger partial charge in [-0.1, -0.05) is 23.2 Å². The maximum absolute atomic E-state index is 11.3. The SMILES string of the molecule is NC(=O)C(CSc1cc(Cl)ccc1Cl)NC1CC1. The number of amides is 1. The van der Waals surface area contributed by atoms with Gasteiger partial charge >= 0.3 is 0 Å². The van der Waals surface area contributed by atoms with Crippen molar-refractivity contribution < 1.29 is 4.79 Å². The predicted molar refractivity (Wildman–Crippen MR) is 76.3 cm³/mol. The van der Waals surface area contributed by atoms with E-state index in [0.29, 0.717) is 21.8 Å². The molecule has 0 aliphatic heterocycles. The Bertz CT molecular complexity index is 452. The van der Waals surface area contributed by atoms with Crippen molar-refractivity contribution in [3.63, 3.8) is 0 Å². The summed E-state index contributed by atoms with van der Waals surface area (Å²) >= 11 is 13.5. The maximum Gasteiger partial charge on any atom is 0.235 e. The van der Waals surface area contributed by atoms with Gasteiger partial charge < -0.3 is 11.1 Å². The average molecular weight is 305 g/mol. The van der Waals surface area contributed by atoms with Crippen LogP contribution in [0.3, 0.4) is 0 Å². The molecule has 3 N–H and O–H groups in total. The fourth-order valence-electron chi connectivity index (χ4n) is 1.51. The van der Waals surface area contributed by atoms with E-state index in [1.807, 2.05) is 0 Å². The Morgan fingerprint density at radius 3 is 2.83 bits per heavy atom. The summed E-state index contributed by atoms with van der Waals surface area (Å²) in [7, 11) is 0. The number of nitrogens with two attached hydrogens (primary N) is 1. The molecule has 0 radical (unpaired) electrons. The Balaban J connectivity index is 1.95. The topological polar surface area (TPSA) is 55.1 Å². The molecule has 1 aromatic carbocycles. The molecule has 18 heavy (non-hydrogen) atoms. The predicted octanol–water partition coefficient (Wildman–Crippen LogP) is 2.69. The number of hydrogen-bond acceptors (Lipinski definition) is 3. The third-order valence-corrected chi connectivity index (χ3v) is 4.48. The highest BCUT2D eigenvalue weighted by Gasteiger charge is 2.27. The molecular formula is C12H14Cl2N2OS. The summed E-state index contributed by atoms with van der Waals surface area (Å²) in [6, 6.07) is 5.40. The summed E-state index contributed by atoms with van der Waals surface area (Å²) < 4.78 is 0. The van der Waals surface area contributed by atoms with Gasteiger partial charge in [0, 0.05) is 21.7 Å².